The van der Waals surface area contributed by atoms with Crippen molar-refractivity contribution in [2.75, 3.05) is 5.32 Å². The summed E-state index contributed by atoms with van der Waals surface area (Å²) in [4.78, 5) is 16.3. The zero-order chi connectivity index (χ0) is 16.6. The molecule has 3 heterocycles. The average Bonchev–Trinajstić information content (AvgIpc) is 3.15. The SMILES string of the molecule is Cc1csc(NC(=O)CCn2ncc3c2c(C)nn3C(C)C)n1. The van der Waals surface area contributed by atoms with Crippen LogP contribution in [0.25, 0.3) is 11.0 Å². The summed E-state index contributed by atoms with van der Waals surface area (Å²) in [5, 5.41) is 14.3. The van der Waals surface area contributed by atoms with Gasteiger partial charge in [0.15, 0.2) is 5.13 Å². The molecule has 0 atom stereocenters. The van der Waals surface area contributed by atoms with E-state index in [0.29, 0.717) is 18.1 Å². The van der Waals surface area contributed by atoms with Crippen LogP contribution in [0, 0.1) is 13.8 Å². The maximum Gasteiger partial charge on any atom is 0.228 e. The van der Waals surface area contributed by atoms with Gasteiger partial charge >= 0.3 is 0 Å². The number of thiazole rings is 1. The first-order chi connectivity index (χ1) is 11.0. The summed E-state index contributed by atoms with van der Waals surface area (Å²) in [6.07, 6.45) is 2.17. The van der Waals surface area contributed by atoms with E-state index in [-0.39, 0.29) is 11.9 Å². The summed E-state index contributed by atoms with van der Waals surface area (Å²) < 4.78 is 3.82. The number of fused-ring (bicyclic) bond motifs is 1. The number of carbonyl (C=O) groups is 1. The standard InChI is InChI=1S/C15H20N6OS/c1-9(2)21-12-7-16-20(14(12)11(4)19-21)6-5-13(22)18-15-17-10(3)8-23-15/h7-9H,5-6H2,1-4H3,(H,17,18,22). The van der Waals surface area contributed by atoms with Gasteiger partial charge < -0.3 is 5.32 Å². The van der Waals surface area contributed by atoms with Gasteiger partial charge in [0.05, 0.1) is 24.1 Å². The fourth-order valence-electron chi connectivity index (χ4n) is 2.54. The van der Waals surface area contributed by atoms with E-state index in [1.807, 2.05) is 34.8 Å². The second kappa shape index (κ2) is 6.11. The number of aryl methyl sites for hydroxylation is 3. The Morgan fingerprint density at radius 1 is 1.39 bits per heavy atom. The first kappa shape index (κ1) is 15.7. The van der Waals surface area contributed by atoms with E-state index in [1.165, 1.54) is 11.3 Å². The van der Waals surface area contributed by atoms with Crippen molar-refractivity contribution in [3.05, 3.63) is 23.0 Å². The van der Waals surface area contributed by atoms with Crippen molar-refractivity contribution in [1.82, 2.24) is 24.5 Å². The Balaban J connectivity index is 1.71. The predicted octanol–water partition coefficient (Wildman–Crippen LogP) is 2.92. The Bertz CT molecular complexity index is 844. The summed E-state index contributed by atoms with van der Waals surface area (Å²) >= 11 is 1.43. The Labute approximate surface area is 138 Å². The number of hydrogen-bond donors (Lipinski definition) is 1. The summed E-state index contributed by atoms with van der Waals surface area (Å²) in [7, 11) is 0. The molecule has 0 fully saturated rings. The van der Waals surface area contributed by atoms with Crippen molar-refractivity contribution in [2.24, 2.45) is 0 Å². The summed E-state index contributed by atoms with van der Waals surface area (Å²) in [6.45, 7) is 8.57. The molecule has 8 heteroatoms. The zero-order valence-electron chi connectivity index (χ0n) is 13.7. The van der Waals surface area contributed by atoms with Crippen LogP contribution in [-0.2, 0) is 11.3 Å². The molecular weight excluding hydrogens is 312 g/mol. The molecule has 3 rings (SSSR count). The molecule has 122 valence electrons. The van der Waals surface area contributed by atoms with Crippen molar-refractivity contribution in [3.8, 4) is 0 Å². The van der Waals surface area contributed by atoms with E-state index in [9.17, 15) is 4.79 Å². The molecule has 0 saturated heterocycles. The quantitative estimate of drug-likeness (QED) is 0.779. The number of nitrogens with one attached hydrogen (secondary N) is 1. The molecule has 1 amide bonds. The smallest absolute Gasteiger partial charge is 0.228 e. The van der Waals surface area contributed by atoms with Gasteiger partial charge in [0.2, 0.25) is 5.91 Å². The highest BCUT2D eigenvalue weighted by Crippen LogP contribution is 2.21. The van der Waals surface area contributed by atoms with Gasteiger partial charge in [0.25, 0.3) is 0 Å². The van der Waals surface area contributed by atoms with Crippen molar-refractivity contribution < 1.29 is 4.79 Å². The van der Waals surface area contributed by atoms with Gasteiger partial charge in [-0.15, -0.1) is 11.3 Å². The van der Waals surface area contributed by atoms with Crippen molar-refractivity contribution in [2.45, 2.75) is 46.7 Å². The Morgan fingerprint density at radius 3 is 2.83 bits per heavy atom. The maximum atomic E-state index is 12.0. The monoisotopic (exact) mass is 332 g/mol. The Morgan fingerprint density at radius 2 is 2.17 bits per heavy atom. The minimum Gasteiger partial charge on any atom is -0.302 e. The lowest BCUT2D eigenvalue weighted by molar-refractivity contribution is -0.116. The van der Waals surface area contributed by atoms with Crippen LogP contribution in [0.1, 0.15) is 37.7 Å². The highest BCUT2D eigenvalue weighted by Gasteiger charge is 2.15. The molecule has 0 spiro atoms. The fourth-order valence-corrected chi connectivity index (χ4v) is 3.25. The second-order valence-electron chi connectivity index (χ2n) is 5.82. The Hall–Kier alpha value is -2.22. The van der Waals surface area contributed by atoms with E-state index in [0.717, 1.165) is 22.4 Å². The number of nitrogens with zero attached hydrogens (tertiary/aromatic N) is 5. The molecule has 0 aromatic carbocycles. The number of anilines is 1. The number of rotatable bonds is 5. The molecule has 0 saturated carbocycles. The van der Waals surface area contributed by atoms with Gasteiger partial charge in [-0.05, 0) is 27.7 Å². The minimum absolute atomic E-state index is 0.0584. The Kier molecular flexibility index (Phi) is 4.16. The van der Waals surface area contributed by atoms with Gasteiger partial charge in [-0.3, -0.25) is 14.2 Å². The third-order valence-electron chi connectivity index (χ3n) is 3.57. The molecule has 7 nitrogen and oxygen atoms in total. The summed E-state index contributed by atoms with van der Waals surface area (Å²) in [6, 6.07) is 0.278. The van der Waals surface area contributed by atoms with Crippen LogP contribution in [0.2, 0.25) is 0 Å². The van der Waals surface area contributed by atoms with E-state index in [1.54, 1.807) is 0 Å². The summed E-state index contributed by atoms with van der Waals surface area (Å²) in [5.74, 6) is -0.0584. The average molecular weight is 332 g/mol. The molecule has 0 radical (unpaired) electrons. The van der Waals surface area contributed by atoms with Gasteiger partial charge in [-0.1, -0.05) is 0 Å². The molecule has 0 aliphatic rings. The number of hydrogen-bond acceptors (Lipinski definition) is 5. The van der Waals surface area contributed by atoms with Crippen LogP contribution >= 0.6 is 11.3 Å². The predicted molar refractivity (Wildman–Crippen MR) is 90.7 cm³/mol. The molecular formula is C15H20N6OS. The normalized spacial score (nSPS) is 11.5. The highest BCUT2D eigenvalue weighted by atomic mass is 32.1. The maximum absolute atomic E-state index is 12.0. The van der Waals surface area contributed by atoms with Crippen LogP contribution in [0.5, 0.6) is 0 Å². The van der Waals surface area contributed by atoms with Gasteiger partial charge in [-0.25, -0.2) is 4.98 Å². The summed E-state index contributed by atoms with van der Waals surface area (Å²) in [5.41, 5.74) is 3.85. The van der Waals surface area contributed by atoms with E-state index in [2.05, 4.69) is 34.3 Å². The van der Waals surface area contributed by atoms with Gasteiger partial charge in [0, 0.05) is 17.8 Å². The van der Waals surface area contributed by atoms with E-state index in [4.69, 9.17) is 0 Å². The van der Waals surface area contributed by atoms with Crippen LogP contribution in [0.3, 0.4) is 0 Å². The lowest BCUT2D eigenvalue weighted by Gasteiger charge is -2.04. The minimum atomic E-state index is -0.0584. The van der Waals surface area contributed by atoms with Crippen molar-refractivity contribution in [1.29, 1.82) is 0 Å². The molecule has 1 N–H and O–H groups in total. The van der Waals surface area contributed by atoms with Crippen molar-refractivity contribution >= 4 is 33.4 Å². The molecule has 3 aromatic heterocycles. The largest absolute Gasteiger partial charge is 0.302 e. The third-order valence-corrected chi connectivity index (χ3v) is 4.45. The zero-order valence-corrected chi connectivity index (χ0v) is 14.5. The number of amides is 1. The van der Waals surface area contributed by atoms with E-state index < -0.39 is 0 Å². The number of carbonyl (C=O) groups excluding carboxylic acids is 1. The lowest BCUT2D eigenvalue weighted by atomic mass is 10.3. The number of aromatic nitrogens is 5. The second-order valence-corrected chi connectivity index (χ2v) is 6.68. The molecule has 0 aliphatic carbocycles. The molecule has 23 heavy (non-hydrogen) atoms. The molecule has 0 aliphatic heterocycles. The fraction of sp³-hybridized carbons (Fsp3) is 0.467. The highest BCUT2D eigenvalue weighted by molar-refractivity contribution is 7.13. The van der Waals surface area contributed by atoms with Crippen LogP contribution in [-0.4, -0.2) is 30.5 Å². The topological polar surface area (TPSA) is 77.6 Å². The third kappa shape index (κ3) is 3.12. The first-order valence-electron chi connectivity index (χ1n) is 7.58. The molecule has 3 aromatic rings. The van der Waals surface area contributed by atoms with Crippen LogP contribution < -0.4 is 5.32 Å². The van der Waals surface area contributed by atoms with Gasteiger partial charge in [0.1, 0.15) is 11.0 Å². The van der Waals surface area contributed by atoms with Crippen molar-refractivity contribution in [3.63, 3.8) is 0 Å². The lowest BCUT2D eigenvalue weighted by Crippen LogP contribution is -2.15. The molecule has 0 bridgehead atoms. The van der Waals surface area contributed by atoms with Crippen LogP contribution in [0.15, 0.2) is 11.6 Å². The van der Waals surface area contributed by atoms with E-state index >= 15 is 0 Å². The van der Waals surface area contributed by atoms with Crippen LogP contribution in [0.4, 0.5) is 5.13 Å². The molecule has 0 unspecified atom stereocenters. The first-order valence-corrected chi connectivity index (χ1v) is 8.46. The van der Waals surface area contributed by atoms with Gasteiger partial charge in [-0.2, -0.15) is 10.2 Å².